The van der Waals surface area contributed by atoms with Crippen LogP contribution in [0.4, 0.5) is 5.82 Å². The number of pyridine rings is 1. The van der Waals surface area contributed by atoms with Crippen molar-refractivity contribution < 1.29 is 9.90 Å². The second-order valence-corrected chi connectivity index (χ2v) is 5.21. The van der Waals surface area contributed by atoms with Crippen LogP contribution in [-0.4, -0.2) is 16.1 Å². The van der Waals surface area contributed by atoms with Crippen molar-refractivity contribution in [1.29, 1.82) is 0 Å². The van der Waals surface area contributed by atoms with Crippen LogP contribution in [-0.2, 0) is 13.1 Å². The standard InChI is InChI=1S/C16H16N2O2/c1-10-7-11(2)17-15(14(10)16(19)20)18-8-12-5-3-4-6-13(12)9-18/h3-7H,8-9H2,1-2H3,(H,19,20). The molecule has 1 aliphatic rings. The lowest BCUT2D eigenvalue weighted by Gasteiger charge is -2.20. The molecule has 4 heteroatoms. The monoisotopic (exact) mass is 268 g/mol. The molecule has 0 atom stereocenters. The fourth-order valence-electron chi connectivity index (χ4n) is 2.79. The number of aromatic nitrogens is 1. The predicted molar refractivity (Wildman–Crippen MR) is 77.0 cm³/mol. The molecule has 1 N–H and O–H groups in total. The first-order valence-electron chi connectivity index (χ1n) is 6.59. The lowest BCUT2D eigenvalue weighted by atomic mass is 10.1. The van der Waals surface area contributed by atoms with Gasteiger partial charge >= 0.3 is 5.97 Å². The van der Waals surface area contributed by atoms with Gasteiger partial charge in [0.1, 0.15) is 11.4 Å². The number of nitrogens with zero attached hydrogens (tertiary/aromatic N) is 2. The van der Waals surface area contributed by atoms with Crippen molar-refractivity contribution >= 4 is 11.8 Å². The molecular formula is C16H16N2O2. The van der Waals surface area contributed by atoms with Gasteiger partial charge in [-0.15, -0.1) is 0 Å². The van der Waals surface area contributed by atoms with Gasteiger partial charge in [-0.2, -0.15) is 0 Å². The second-order valence-electron chi connectivity index (χ2n) is 5.21. The molecule has 2 heterocycles. The first-order chi connectivity index (χ1) is 9.56. The van der Waals surface area contributed by atoms with E-state index in [0.29, 0.717) is 24.5 Å². The van der Waals surface area contributed by atoms with Gasteiger partial charge in [-0.25, -0.2) is 9.78 Å². The number of aromatic carboxylic acids is 1. The number of fused-ring (bicyclic) bond motifs is 1. The fourth-order valence-corrected chi connectivity index (χ4v) is 2.79. The lowest BCUT2D eigenvalue weighted by Crippen LogP contribution is -2.21. The molecule has 0 radical (unpaired) electrons. The van der Waals surface area contributed by atoms with Crippen LogP contribution in [0.2, 0.25) is 0 Å². The molecule has 102 valence electrons. The predicted octanol–water partition coefficient (Wildman–Crippen LogP) is 2.92. The van der Waals surface area contributed by atoms with Gasteiger partial charge in [-0.1, -0.05) is 24.3 Å². The van der Waals surface area contributed by atoms with Crippen molar-refractivity contribution in [2.75, 3.05) is 4.90 Å². The summed E-state index contributed by atoms with van der Waals surface area (Å²) < 4.78 is 0. The highest BCUT2D eigenvalue weighted by molar-refractivity contribution is 5.95. The summed E-state index contributed by atoms with van der Waals surface area (Å²) in [5.74, 6) is -0.341. The number of hydrogen-bond donors (Lipinski definition) is 1. The number of rotatable bonds is 2. The number of benzene rings is 1. The van der Waals surface area contributed by atoms with Crippen molar-refractivity contribution in [3.63, 3.8) is 0 Å². The Morgan fingerprint density at radius 1 is 1.20 bits per heavy atom. The number of aryl methyl sites for hydroxylation is 2. The van der Waals surface area contributed by atoms with Gasteiger partial charge in [-0.3, -0.25) is 0 Å². The van der Waals surface area contributed by atoms with Gasteiger partial charge in [0.25, 0.3) is 0 Å². The fraction of sp³-hybridized carbons (Fsp3) is 0.250. The topological polar surface area (TPSA) is 53.4 Å². The smallest absolute Gasteiger partial charge is 0.339 e. The van der Waals surface area contributed by atoms with Crippen LogP contribution in [0.5, 0.6) is 0 Å². The first-order valence-corrected chi connectivity index (χ1v) is 6.59. The summed E-state index contributed by atoms with van der Waals surface area (Å²) in [4.78, 5) is 18.0. The minimum absolute atomic E-state index is 0.309. The highest BCUT2D eigenvalue weighted by Gasteiger charge is 2.25. The van der Waals surface area contributed by atoms with E-state index in [9.17, 15) is 9.90 Å². The third kappa shape index (κ3) is 2.03. The average molecular weight is 268 g/mol. The minimum Gasteiger partial charge on any atom is -0.478 e. The number of carboxylic acids is 1. The van der Waals surface area contributed by atoms with E-state index < -0.39 is 5.97 Å². The largest absolute Gasteiger partial charge is 0.478 e. The molecule has 1 aliphatic heterocycles. The van der Waals surface area contributed by atoms with E-state index in [1.807, 2.05) is 36.9 Å². The molecule has 0 aliphatic carbocycles. The number of anilines is 1. The zero-order valence-corrected chi connectivity index (χ0v) is 11.6. The number of carboxylic acid groups (broad SMARTS) is 1. The Labute approximate surface area is 117 Å². The van der Waals surface area contributed by atoms with Crippen molar-refractivity contribution in [2.24, 2.45) is 0 Å². The van der Waals surface area contributed by atoms with E-state index in [4.69, 9.17) is 0 Å². The molecule has 0 bridgehead atoms. The van der Waals surface area contributed by atoms with E-state index in [2.05, 4.69) is 17.1 Å². The third-order valence-corrected chi connectivity index (χ3v) is 3.68. The zero-order valence-electron chi connectivity index (χ0n) is 11.6. The van der Waals surface area contributed by atoms with Crippen LogP contribution in [0.1, 0.15) is 32.7 Å². The van der Waals surface area contributed by atoms with E-state index >= 15 is 0 Å². The summed E-state index contributed by atoms with van der Waals surface area (Å²) in [7, 11) is 0. The quantitative estimate of drug-likeness (QED) is 0.910. The summed E-state index contributed by atoms with van der Waals surface area (Å²) in [6, 6.07) is 10.00. The van der Waals surface area contributed by atoms with Gasteiger partial charge in [0.05, 0.1) is 0 Å². The molecule has 0 spiro atoms. The Morgan fingerprint density at radius 2 is 1.80 bits per heavy atom. The van der Waals surface area contributed by atoms with Gasteiger partial charge in [0, 0.05) is 18.8 Å². The van der Waals surface area contributed by atoms with Crippen molar-refractivity contribution in [3.05, 3.63) is 58.3 Å². The molecule has 4 nitrogen and oxygen atoms in total. The first kappa shape index (κ1) is 12.7. The molecule has 0 fully saturated rings. The van der Waals surface area contributed by atoms with Gasteiger partial charge < -0.3 is 10.0 Å². The summed E-state index contributed by atoms with van der Waals surface area (Å²) in [5.41, 5.74) is 4.40. The normalized spacial score (nSPS) is 13.4. The summed E-state index contributed by atoms with van der Waals surface area (Å²) in [6.45, 7) is 5.15. The average Bonchev–Trinajstić information content (AvgIpc) is 2.80. The summed E-state index contributed by atoms with van der Waals surface area (Å²) in [5, 5.41) is 9.45. The highest BCUT2D eigenvalue weighted by atomic mass is 16.4. The summed E-state index contributed by atoms with van der Waals surface area (Å²) >= 11 is 0. The van der Waals surface area contributed by atoms with Gasteiger partial charge in [-0.05, 0) is 36.6 Å². The molecule has 0 saturated heterocycles. The number of carbonyl (C=O) groups is 1. The van der Waals surface area contributed by atoms with Crippen LogP contribution in [0.3, 0.4) is 0 Å². The Hall–Kier alpha value is -2.36. The highest BCUT2D eigenvalue weighted by Crippen LogP contribution is 2.30. The molecule has 0 amide bonds. The maximum atomic E-state index is 11.5. The third-order valence-electron chi connectivity index (χ3n) is 3.68. The molecule has 1 aromatic carbocycles. The van der Waals surface area contributed by atoms with E-state index in [-0.39, 0.29) is 0 Å². The SMILES string of the molecule is Cc1cc(C)c(C(=O)O)c(N2Cc3ccccc3C2)n1. The van der Waals surface area contributed by atoms with Crippen LogP contribution < -0.4 is 4.90 Å². The minimum atomic E-state index is -0.916. The van der Waals surface area contributed by atoms with Crippen molar-refractivity contribution in [3.8, 4) is 0 Å². The Morgan fingerprint density at radius 3 is 2.35 bits per heavy atom. The van der Waals surface area contributed by atoms with Crippen LogP contribution >= 0.6 is 0 Å². The van der Waals surface area contributed by atoms with E-state index in [1.165, 1.54) is 11.1 Å². The molecule has 0 unspecified atom stereocenters. The Bertz CT molecular complexity index is 670. The van der Waals surface area contributed by atoms with E-state index in [0.717, 1.165) is 11.3 Å². The molecule has 0 saturated carbocycles. The van der Waals surface area contributed by atoms with Crippen LogP contribution in [0.25, 0.3) is 0 Å². The lowest BCUT2D eigenvalue weighted by molar-refractivity contribution is 0.0696. The van der Waals surface area contributed by atoms with Crippen molar-refractivity contribution in [2.45, 2.75) is 26.9 Å². The van der Waals surface area contributed by atoms with Gasteiger partial charge in [0.15, 0.2) is 0 Å². The molecule has 2 aromatic rings. The molecule has 3 rings (SSSR count). The van der Waals surface area contributed by atoms with Crippen molar-refractivity contribution in [1.82, 2.24) is 4.98 Å². The maximum Gasteiger partial charge on any atom is 0.339 e. The zero-order chi connectivity index (χ0) is 14.3. The summed E-state index contributed by atoms with van der Waals surface area (Å²) in [6.07, 6.45) is 0. The Kier molecular flexibility index (Phi) is 2.93. The second kappa shape index (κ2) is 4.63. The van der Waals surface area contributed by atoms with Crippen LogP contribution in [0, 0.1) is 13.8 Å². The van der Waals surface area contributed by atoms with E-state index in [1.54, 1.807) is 0 Å². The molecular weight excluding hydrogens is 252 g/mol. The van der Waals surface area contributed by atoms with Gasteiger partial charge in [0.2, 0.25) is 0 Å². The molecule has 1 aromatic heterocycles. The van der Waals surface area contributed by atoms with Crippen LogP contribution in [0.15, 0.2) is 30.3 Å². The molecule has 20 heavy (non-hydrogen) atoms. The maximum absolute atomic E-state index is 11.5. The Balaban J connectivity index is 2.06. The number of hydrogen-bond acceptors (Lipinski definition) is 3.